The van der Waals surface area contributed by atoms with Gasteiger partial charge in [-0.25, -0.2) is 9.44 Å². The molecule has 5 nitrogen and oxygen atoms in total. The van der Waals surface area contributed by atoms with E-state index in [1.54, 1.807) is 0 Å². The molecule has 0 spiro atoms. The Morgan fingerprint density at radius 2 is 2.31 bits per heavy atom. The van der Waals surface area contributed by atoms with Crippen LogP contribution >= 0.6 is 0 Å². The third kappa shape index (κ3) is 4.04. The lowest BCUT2D eigenvalue weighted by Gasteiger charge is -2.08. The molecule has 0 amide bonds. The van der Waals surface area contributed by atoms with Gasteiger partial charge in [0.2, 0.25) is 0 Å². The quantitative estimate of drug-likeness (QED) is 0.544. The smallest absolute Gasteiger partial charge is 0.276 e. The highest BCUT2D eigenvalue weighted by Gasteiger charge is 2.14. The summed E-state index contributed by atoms with van der Waals surface area (Å²) in [5.74, 6) is 0.625. The fourth-order valence-corrected chi connectivity index (χ4v) is 1.96. The van der Waals surface area contributed by atoms with Gasteiger partial charge in [0, 0.05) is 13.6 Å². The third-order valence-electron chi connectivity index (χ3n) is 2.28. The van der Waals surface area contributed by atoms with Crippen LogP contribution in [0.3, 0.4) is 0 Å². The molecule has 1 rings (SSSR count). The highest BCUT2D eigenvalue weighted by atomic mass is 32.2. The van der Waals surface area contributed by atoms with Crippen LogP contribution in [-0.4, -0.2) is 35.1 Å². The Bertz CT molecular complexity index is 234. The average molecular weight is 207 g/mol. The van der Waals surface area contributed by atoms with Crippen molar-refractivity contribution in [3.8, 4) is 0 Å². The Morgan fingerprint density at radius 1 is 1.54 bits per heavy atom. The second-order valence-electron chi connectivity index (χ2n) is 3.25. The fourth-order valence-electron chi connectivity index (χ4n) is 1.43. The van der Waals surface area contributed by atoms with Gasteiger partial charge in [-0.1, -0.05) is 0 Å². The van der Waals surface area contributed by atoms with Crippen LogP contribution in [-0.2, 0) is 10.2 Å². The van der Waals surface area contributed by atoms with E-state index in [-0.39, 0.29) is 0 Å². The Morgan fingerprint density at radius 3 is 2.85 bits per heavy atom. The molecular weight excluding hydrogens is 190 g/mol. The van der Waals surface area contributed by atoms with Gasteiger partial charge in [0.15, 0.2) is 0 Å². The first-order valence-corrected chi connectivity index (χ1v) is 6.01. The van der Waals surface area contributed by atoms with Gasteiger partial charge in [0.25, 0.3) is 10.2 Å². The normalized spacial score (nSPS) is 23.6. The van der Waals surface area contributed by atoms with Crippen molar-refractivity contribution in [1.29, 1.82) is 0 Å². The summed E-state index contributed by atoms with van der Waals surface area (Å²) in [6.45, 7) is 2.60. The van der Waals surface area contributed by atoms with E-state index in [4.69, 9.17) is 0 Å². The molecule has 0 aliphatic carbocycles. The molecule has 1 aliphatic heterocycles. The van der Waals surface area contributed by atoms with E-state index in [0.29, 0.717) is 12.5 Å². The van der Waals surface area contributed by atoms with Crippen molar-refractivity contribution in [1.82, 2.24) is 14.8 Å². The van der Waals surface area contributed by atoms with Gasteiger partial charge in [-0.3, -0.25) is 0 Å². The molecule has 1 unspecified atom stereocenters. The maximum atomic E-state index is 10.9. The van der Waals surface area contributed by atoms with E-state index in [0.717, 1.165) is 25.9 Å². The molecule has 1 atom stereocenters. The molecular formula is C7H17N3O2S. The lowest BCUT2D eigenvalue weighted by Crippen LogP contribution is -2.35. The number of rotatable bonds is 5. The van der Waals surface area contributed by atoms with Crippen LogP contribution in [0.2, 0.25) is 0 Å². The summed E-state index contributed by atoms with van der Waals surface area (Å²) in [6.07, 6.45) is 2.06. The van der Waals surface area contributed by atoms with Gasteiger partial charge in [-0.2, -0.15) is 8.42 Å². The standard InChI is InChI=1S/C7H17N3O2S/c1-8-13(11,12)10-5-3-7-2-4-9-6-7/h7-10H,2-6H2,1H3. The molecule has 13 heavy (non-hydrogen) atoms. The highest BCUT2D eigenvalue weighted by Crippen LogP contribution is 2.10. The fraction of sp³-hybridized carbons (Fsp3) is 1.00. The van der Waals surface area contributed by atoms with Gasteiger partial charge in [-0.15, -0.1) is 0 Å². The Labute approximate surface area is 79.5 Å². The Hall–Kier alpha value is -0.170. The van der Waals surface area contributed by atoms with Crippen molar-refractivity contribution in [2.45, 2.75) is 12.8 Å². The molecule has 6 heteroatoms. The molecule has 1 saturated heterocycles. The zero-order chi connectivity index (χ0) is 9.73. The van der Waals surface area contributed by atoms with Crippen molar-refractivity contribution in [3.05, 3.63) is 0 Å². The molecule has 1 fully saturated rings. The third-order valence-corrected chi connectivity index (χ3v) is 3.40. The summed E-state index contributed by atoms with van der Waals surface area (Å²) in [4.78, 5) is 0. The van der Waals surface area contributed by atoms with Crippen LogP contribution in [0.15, 0.2) is 0 Å². The van der Waals surface area contributed by atoms with E-state index in [2.05, 4.69) is 14.8 Å². The molecule has 0 aromatic heterocycles. The minimum atomic E-state index is -3.23. The first-order chi connectivity index (χ1) is 6.14. The number of hydrogen-bond donors (Lipinski definition) is 3. The topological polar surface area (TPSA) is 70.2 Å². The van der Waals surface area contributed by atoms with E-state index >= 15 is 0 Å². The molecule has 78 valence electrons. The predicted molar refractivity (Wildman–Crippen MR) is 51.6 cm³/mol. The van der Waals surface area contributed by atoms with Crippen LogP contribution in [0.25, 0.3) is 0 Å². The Kier molecular flexibility index (Phi) is 4.11. The summed E-state index contributed by atoms with van der Waals surface area (Å²) < 4.78 is 26.6. The van der Waals surface area contributed by atoms with Gasteiger partial charge in [0.1, 0.15) is 0 Å². The minimum Gasteiger partial charge on any atom is -0.316 e. The second kappa shape index (κ2) is 4.90. The summed E-state index contributed by atoms with van der Waals surface area (Å²) in [6, 6.07) is 0. The zero-order valence-electron chi connectivity index (χ0n) is 7.84. The van der Waals surface area contributed by atoms with Gasteiger partial charge >= 0.3 is 0 Å². The van der Waals surface area contributed by atoms with Crippen LogP contribution in [0.4, 0.5) is 0 Å². The first kappa shape index (κ1) is 10.9. The number of hydrogen-bond acceptors (Lipinski definition) is 3. The van der Waals surface area contributed by atoms with Gasteiger partial charge in [-0.05, 0) is 31.8 Å². The monoisotopic (exact) mass is 207 g/mol. The predicted octanol–water partition coefficient (Wildman–Crippen LogP) is -0.960. The number of nitrogens with one attached hydrogen (secondary N) is 3. The zero-order valence-corrected chi connectivity index (χ0v) is 8.65. The summed E-state index contributed by atoms with van der Waals surface area (Å²) in [5, 5.41) is 3.24. The van der Waals surface area contributed by atoms with Gasteiger partial charge < -0.3 is 5.32 Å². The Balaban J connectivity index is 2.13. The summed E-state index contributed by atoms with van der Waals surface area (Å²) in [7, 11) is -1.83. The molecule has 0 aromatic carbocycles. The molecule has 0 aromatic rings. The van der Waals surface area contributed by atoms with Crippen molar-refractivity contribution >= 4 is 10.2 Å². The van der Waals surface area contributed by atoms with Crippen molar-refractivity contribution < 1.29 is 8.42 Å². The van der Waals surface area contributed by atoms with Crippen molar-refractivity contribution in [2.24, 2.45) is 5.92 Å². The van der Waals surface area contributed by atoms with Crippen LogP contribution < -0.4 is 14.8 Å². The van der Waals surface area contributed by atoms with E-state index < -0.39 is 10.2 Å². The van der Waals surface area contributed by atoms with Crippen LogP contribution in [0.1, 0.15) is 12.8 Å². The van der Waals surface area contributed by atoms with E-state index in [9.17, 15) is 8.42 Å². The maximum Gasteiger partial charge on any atom is 0.276 e. The SMILES string of the molecule is CNS(=O)(=O)NCCC1CCNC1. The van der Waals surface area contributed by atoms with Crippen molar-refractivity contribution in [2.75, 3.05) is 26.7 Å². The lowest BCUT2D eigenvalue weighted by atomic mass is 10.1. The van der Waals surface area contributed by atoms with Crippen LogP contribution in [0, 0.1) is 5.92 Å². The molecule has 1 aliphatic rings. The lowest BCUT2D eigenvalue weighted by molar-refractivity contribution is 0.517. The minimum absolute atomic E-state index is 0.523. The first-order valence-electron chi connectivity index (χ1n) is 4.53. The van der Waals surface area contributed by atoms with Gasteiger partial charge in [0.05, 0.1) is 0 Å². The molecule has 0 saturated carbocycles. The largest absolute Gasteiger partial charge is 0.316 e. The van der Waals surface area contributed by atoms with E-state index in [1.807, 2.05) is 0 Å². The molecule has 1 heterocycles. The maximum absolute atomic E-state index is 10.9. The summed E-state index contributed by atoms with van der Waals surface area (Å²) in [5.41, 5.74) is 0. The average Bonchev–Trinajstić information content (AvgIpc) is 2.57. The molecule has 0 radical (unpaired) electrons. The second-order valence-corrected chi connectivity index (χ2v) is 4.95. The molecule has 3 N–H and O–H groups in total. The molecule has 0 bridgehead atoms. The van der Waals surface area contributed by atoms with Crippen molar-refractivity contribution in [3.63, 3.8) is 0 Å². The van der Waals surface area contributed by atoms with Crippen LogP contribution in [0.5, 0.6) is 0 Å². The highest BCUT2D eigenvalue weighted by molar-refractivity contribution is 7.87. The summed E-state index contributed by atoms with van der Waals surface area (Å²) >= 11 is 0. The van der Waals surface area contributed by atoms with E-state index in [1.165, 1.54) is 7.05 Å².